The number of hydrogen-bond donors (Lipinski definition) is 1. The van der Waals surface area contributed by atoms with E-state index in [1.807, 2.05) is 12.1 Å². The van der Waals surface area contributed by atoms with Crippen LogP contribution in [0.5, 0.6) is 0 Å². The molecule has 0 spiro atoms. The Kier molecular flexibility index (Phi) is 5.31. The Bertz CT molecular complexity index is 475. The fourth-order valence-electron chi connectivity index (χ4n) is 3.59. The lowest BCUT2D eigenvalue weighted by molar-refractivity contribution is -0.384. The second-order valence-corrected chi connectivity index (χ2v) is 5.85. The van der Waals surface area contributed by atoms with E-state index in [1.54, 1.807) is 12.1 Å². The molecule has 0 bridgehead atoms. The lowest BCUT2D eigenvalue weighted by Crippen LogP contribution is -2.41. The molecule has 0 amide bonds. The third-order valence-electron chi connectivity index (χ3n) is 4.80. The van der Waals surface area contributed by atoms with Crippen LogP contribution in [0, 0.1) is 16.0 Å². The van der Waals surface area contributed by atoms with Crippen molar-refractivity contribution in [3.8, 4) is 0 Å². The van der Waals surface area contributed by atoms with Gasteiger partial charge in [-0.1, -0.05) is 25.5 Å². The first-order valence-corrected chi connectivity index (χ1v) is 7.78. The van der Waals surface area contributed by atoms with Gasteiger partial charge in [0.1, 0.15) is 0 Å². The van der Waals surface area contributed by atoms with Crippen molar-refractivity contribution in [2.45, 2.75) is 45.2 Å². The maximum Gasteiger partial charge on any atom is 0.269 e. The van der Waals surface area contributed by atoms with Crippen molar-refractivity contribution in [2.24, 2.45) is 11.7 Å². The number of nitrogens with two attached hydrogens (primary N) is 1. The SMILES string of the molecule is CCN(C(C)c1ccc([N+](=O)[O-])cc1)C1CCCC1CN. The molecule has 21 heavy (non-hydrogen) atoms. The minimum Gasteiger partial charge on any atom is -0.330 e. The van der Waals surface area contributed by atoms with Gasteiger partial charge in [-0.05, 0) is 44.3 Å². The molecule has 0 saturated heterocycles. The van der Waals surface area contributed by atoms with Crippen LogP contribution < -0.4 is 5.73 Å². The number of hydrogen-bond acceptors (Lipinski definition) is 4. The summed E-state index contributed by atoms with van der Waals surface area (Å²) in [5.41, 5.74) is 7.18. The average molecular weight is 291 g/mol. The van der Waals surface area contributed by atoms with Crippen molar-refractivity contribution < 1.29 is 4.92 Å². The second-order valence-electron chi connectivity index (χ2n) is 5.85. The Balaban J connectivity index is 2.15. The second kappa shape index (κ2) is 7.00. The molecule has 1 aliphatic rings. The normalized spacial score (nSPS) is 23.4. The summed E-state index contributed by atoms with van der Waals surface area (Å²) in [4.78, 5) is 12.9. The van der Waals surface area contributed by atoms with E-state index in [-0.39, 0.29) is 16.7 Å². The van der Waals surface area contributed by atoms with Crippen molar-refractivity contribution in [3.63, 3.8) is 0 Å². The van der Waals surface area contributed by atoms with E-state index in [0.717, 1.165) is 18.7 Å². The van der Waals surface area contributed by atoms with Gasteiger partial charge in [0.25, 0.3) is 5.69 Å². The number of nitro benzene ring substituents is 1. The molecular formula is C16H25N3O2. The van der Waals surface area contributed by atoms with E-state index in [4.69, 9.17) is 5.73 Å². The van der Waals surface area contributed by atoms with Crippen LogP contribution in [0.15, 0.2) is 24.3 Å². The molecule has 0 aromatic heterocycles. The molecule has 116 valence electrons. The van der Waals surface area contributed by atoms with E-state index < -0.39 is 0 Å². The van der Waals surface area contributed by atoms with Crippen LogP contribution in [0.3, 0.4) is 0 Å². The van der Waals surface area contributed by atoms with Gasteiger partial charge in [0.2, 0.25) is 0 Å². The first kappa shape index (κ1) is 15.9. The Morgan fingerprint density at radius 3 is 2.57 bits per heavy atom. The Labute approximate surface area is 126 Å². The van der Waals surface area contributed by atoms with Gasteiger partial charge in [0, 0.05) is 24.2 Å². The van der Waals surface area contributed by atoms with Gasteiger partial charge < -0.3 is 5.73 Å². The van der Waals surface area contributed by atoms with Crippen molar-refractivity contribution in [1.29, 1.82) is 0 Å². The van der Waals surface area contributed by atoms with Gasteiger partial charge in [0.05, 0.1) is 4.92 Å². The van der Waals surface area contributed by atoms with Gasteiger partial charge in [-0.3, -0.25) is 15.0 Å². The third kappa shape index (κ3) is 3.41. The van der Waals surface area contributed by atoms with Gasteiger partial charge in [-0.15, -0.1) is 0 Å². The molecule has 5 nitrogen and oxygen atoms in total. The van der Waals surface area contributed by atoms with Gasteiger partial charge in [0.15, 0.2) is 0 Å². The summed E-state index contributed by atoms with van der Waals surface area (Å²) in [6, 6.07) is 7.72. The summed E-state index contributed by atoms with van der Waals surface area (Å²) in [5.74, 6) is 0.574. The molecule has 1 aliphatic carbocycles. The minimum atomic E-state index is -0.354. The highest BCUT2D eigenvalue weighted by Crippen LogP contribution is 2.34. The fraction of sp³-hybridized carbons (Fsp3) is 0.625. The van der Waals surface area contributed by atoms with E-state index in [2.05, 4.69) is 18.7 Å². The summed E-state index contributed by atoms with van der Waals surface area (Å²) >= 11 is 0. The quantitative estimate of drug-likeness (QED) is 0.645. The standard InChI is InChI=1S/C16H25N3O2/c1-3-18(16-6-4-5-14(16)11-17)12(2)13-7-9-15(10-8-13)19(20)21/h7-10,12,14,16H,3-6,11,17H2,1-2H3. The molecule has 5 heteroatoms. The minimum absolute atomic E-state index is 0.148. The summed E-state index contributed by atoms with van der Waals surface area (Å²) in [6.45, 7) is 6.07. The smallest absolute Gasteiger partial charge is 0.269 e. The predicted octanol–water partition coefficient (Wildman–Crippen LogP) is 3.11. The number of benzene rings is 1. The molecule has 1 saturated carbocycles. The highest BCUT2D eigenvalue weighted by molar-refractivity contribution is 5.34. The van der Waals surface area contributed by atoms with Crippen LogP contribution in [-0.4, -0.2) is 29.0 Å². The van der Waals surface area contributed by atoms with E-state index in [1.165, 1.54) is 19.3 Å². The molecule has 1 aromatic carbocycles. The monoisotopic (exact) mass is 291 g/mol. The van der Waals surface area contributed by atoms with Crippen molar-refractivity contribution in [2.75, 3.05) is 13.1 Å². The number of non-ortho nitro benzene ring substituents is 1. The summed E-state index contributed by atoms with van der Waals surface area (Å²) < 4.78 is 0. The van der Waals surface area contributed by atoms with Crippen LogP contribution in [0.1, 0.15) is 44.7 Å². The Morgan fingerprint density at radius 2 is 2.05 bits per heavy atom. The maximum absolute atomic E-state index is 10.7. The molecule has 3 atom stereocenters. The molecule has 3 unspecified atom stereocenters. The van der Waals surface area contributed by atoms with Crippen molar-refractivity contribution >= 4 is 5.69 Å². The zero-order valence-corrected chi connectivity index (χ0v) is 12.9. The molecule has 0 aliphatic heterocycles. The Hall–Kier alpha value is -1.46. The van der Waals surface area contributed by atoms with Crippen molar-refractivity contribution in [1.82, 2.24) is 4.90 Å². The third-order valence-corrected chi connectivity index (χ3v) is 4.80. The topological polar surface area (TPSA) is 72.4 Å². The average Bonchev–Trinajstić information content (AvgIpc) is 2.96. The van der Waals surface area contributed by atoms with Crippen LogP contribution >= 0.6 is 0 Å². The molecular weight excluding hydrogens is 266 g/mol. The lowest BCUT2D eigenvalue weighted by atomic mass is 9.98. The zero-order valence-electron chi connectivity index (χ0n) is 12.9. The first-order valence-electron chi connectivity index (χ1n) is 7.78. The van der Waals surface area contributed by atoms with E-state index in [0.29, 0.717) is 12.0 Å². The van der Waals surface area contributed by atoms with Crippen LogP contribution in [0.25, 0.3) is 0 Å². The van der Waals surface area contributed by atoms with Crippen LogP contribution in [0.4, 0.5) is 5.69 Å². The molecule has 2 rings (SSSR count). The summed E-state index contributed by atoms with van der Waals surface area (Å²) in [5, 5.41) is 10.7. The van der Waals surface area contributed by atoms with Crippen LogP contribution in [0.2, 0.25) is 0 Å². The highest BCUT2D eigenvalue weighted by atomic mass is 16.6. The van der Waals surface area contributed by atoms with Gasteiger partial charge in [-0.25, -0.2) is 0 Å². The predicted molar refractivity (Wildman–Crippen MR) is 84.1 cm³/mol. The lowest BCUT2D eigenvalue weighted by Gasteiger charge is -2.37. The molecule has 1 aromatic rings. The molecule has 0 heterocycles. The highest BCUT2D eigenvalue weighted by Gasteiger charge is 2.33. The number of nitrogens with zero attached hydrogens (tertiary/aromatic N) is 2. The molecule has 2 N–H and O–H groups in total. The maximum atomic E-state index is 10.7. The van der Waals surface area contributed by atoms with Gasteiger partial charge in [-0.2, -0.15) is 0 Å². The summed E-state index contributed by atoms with van der Waals surface area (Å²) in [6.07, 6.45) is 3.66. The van der Waals surface area contributed by atoms with E-state index >= 15 is 0 Å². The molecule has 1 fully saturated rings. The van der Waals surface area contributed by atoms with Gasteiger partial charge >= 0.3 is 0 Å². The van der Waals surface area contributed by atoms with E-state index in [9.17, 15) is 10.1 Å². The van der Waals surface area contributed by atoms with Crippen molar-refractivity contribution in [3.05, 3.63) is 39.9 Å². The fourth-order valence-corrected chi connectivity index (χ4v) is 3.59. The largest absolute Gasteiger partial charge is 0.330 e. The zero-order chi connectivity index (χ0) is 15.4. The molecule has 0 radical (unpaired) electrons. The Morgan fingerprint density at radius 1 is 1.38 bits per heavy atom. The number of rotatable bonds is 6. The van der Waals surface area contributed by atoms with Crippen LogP contribution in [-0.2, 0) is 0 Å². The number of nitro groups is 1. The first-order chi connectivity index (χ1) is 10.1. The summed E-state index contributed by atoms with van der Waals surface area (Å²) in [7, 11) is 0.